The summed E-state index contributed by atoms with van der Waals surface area (Å²) in [7, 11) is 0. The minimum Gasteiger partial charge on any atom is -0.484 e. The third-order valence-corrected chi connectivity index (χ3v) is 4.01. The van der Waals surface area contributed by atoms with Gasteiger partial charge >= 0.3 is 0 Å². The summed E-state index contributed by atoms with van der Waals surface area (Å²) in [5.41, 5.74) is 1.18. The fraction of sp³-hybridized carbons (Fsp3) is 0.333. The summed E-state index contributed by atoms with van der Waals surface area (Å²) in [6.45, 7) is 6.26. The van der Waals surface area contributed by atoms with Crippen LogP contribution >= 0.6 is 31.9 Å². The van der Waals surface area contributed by atoms with Crippen LogP contribution in [0, 0.1) is 6.92 Å². The van der Waals surface area contributed by atoms with E-state index < -0.39 is 0 Å². The third kappa shape index (κ3) is 4.11. The van der Waals surface area contributed by atoms with E-state index in [1.54, 1.807) is 0 Å². The minimum atomic E-state index is 0.424. The van der Waals surface area contributed by atoms with Gasteiger partial charge in [-0.15, -0.1) is 0 Å². The van der Waals surface area contributed by atoms with Crippen LogP contribution in [0.15, 0.2) is 37.6 Å². The lowest BCUT2D eigenvalue weighted by Crippen LogP contribution is -2.11. The standard InChI is InChI=1S/C15H17Br2NO2/c1-3-18-8-11-6-13(20-10(11)2)9-19-15-5-4-12(16)7-14(15)17/h4-7,18H,3,8-9H2,1-2H3. The number of rotatable bonds is 6. The average Bonchev–Trinajstić information content (AvgIpc) is 2.76. The molecule has 0 bridgehead atoms. The van der Waals surface area contributed by atoms with E-state index in [4.69, 9.17) is 9.15 Å². The van der Waals surface area contributed by atoms with Crippen molar-refractivity contribution < 1.29 is 9.15 Å². The summed E-state index contributed by atoms with van der Waals surface area (Å²) in [6.07, 6.45) is 0. The number of halogens is 2. The Hall–Kier alpha value is -0.780. The van der Waals surface area contributed by atoms with E-state index in [9.17, 15) is 0 Å². The highest BCUT2D eigenvalue weighted by Gasteiger charge is 2.09. The fourth-order valence-electron chi connectivity index (χ4n) is 1.84. The van der Waals surface area contributed by atoms with Crippen LogP contribution in [-0.2, 0) is 13.2 Å². The highest BCUT2D eigenvalue weighted by atomic mass is 79.9. The lowest BCUT2D eigenvalue weighted by molar-refractivity contribution is 0.266. The summed E-state index contributed by atoms with van der Waals surface area (Å²) >= 11 is 6.90. The molecule has 0 saturated heterocycles. The molecule has 2 rings (SSSR count). The molecule has 0 unspecified atom stereocenters. The van der Waals surface area contributed by atoms with Crippen LogP contribution in [0.5, 0.6) is 5.75 Å². The van der Waals surface area contributed by atoms with Crippen LogP contribution < -0.4 is 10.1 Å². The van der Waals surface area contributed by atoms with Crippen molar-refractivity contribution in [3.05, 3.63) is 50.3 Å². The number of hydrogen-bond acceptors (Lipinski definition) is 3. The molecule has 0 atom stereocenters. The molecule has 1 aromatic carbocycles. The first-order valence-electron chi connectivity index (χ1n) is 6.47. The first-order valence-corrected chi connectivity index (χ1v) is 8.05. The van der Waals surface area contributed by atoms with Gasteiger partial charge in [0.15, 0.2) is 0 Å². The van der Waals surface area contributed by atoms with Crippen LogP contribution in [0.2, 0.25) is 0 Å². The summed E-state index contributed by atoms with van der Waals surface area (Å²) in [5.74, 6) is 2.58. The Morgan fingerprint density at radius 1 is 1.25 bits per heavy atom. The van der Waals surface area contributed by atoms with E-state index in [1.807, 2.05) is 31.2 Å². The van der Waals surface area contributed by atoms with Gasteiger partial charge in [0.05, 0.1) is 4.47 Å². The molecule has 0 radical (unpaired) electrons. The molecular weight excluding hydrogens is 386 g/mol. The van der Waals surface area contributed by atoms with E-state index in [-0.39, 0.29) is 0 Å². The number of aryl methyl sites for hydroxylation is 1. The maximum absolute atomic E-state index is 5.77. The van der Waals surface area contributed by atoms with E-state index in [0.717, 1.165) is 39.3 Å². The Labute approximate surface area is 136 Å². The van der Waals surface area contributed by atoms with E-state index >= 15 is 0 Å². The van der Waals surface area contributed by atoms with Gasteiger partial charge in [-0.3, -0.25) is 0 Å². The zero-order chi connectivity index (χ0) is 14.5. The largest absolute Gasteiger partial charge is 0.484 e. The van der Waals surface area contributed by atoms with Crippen molar-refractivity contribution in [2.75, 3.05) is 6.54 Å². The monoisotopic (exact) mass is 401 g/mol. The molecule has 0 saturated carbocycles. The molecule has 0 aliphatic rings. The topological polar surface area (TPSA) is 34.4 Å². The van der Waals surface area contributed by atoms with Crippen LogP contribution in [0.3, 0.4) is 0 Å². The molecule has 0 aliphatic heterocycles. The SMILES string of the molecule is CCNCc1cc(COc2ccc(Br)cc2Br)oc1C. The molecular formula is C15H17Br2NO2. The van der Waals surface area contributed by atoms with Crippen molar-refractivity contribution in [2.45, 2.75) is 27.0 Å². The smallest absolute Gasteiger partial charge is 0.146 e. The molecule has 20 heavy (non-hydrogen) atoms. The maximum Gasteiger partial charge on any atom is 0.146 e. The summed E-state index contributed by atoms with van der Waals surface area (Å²) < 4.78 is 13.4. The van der Waals surface area contributed by atoms with Gasteiger partial charge < -0.3 is 14.5 Å². The zero-order valence-corrected chi connectivity index (χ0v) is 14.7. The molecule has 3 nitrogen and oxygen atoms in total. The van der Waals surface area contributed by atoms with Crippen LogP contribution in [0.4, 0.5) is 0 Å². The first kappa shape index (κ1) is 15.6. The Kier molecular flexibility index (Phi) is 5.69. The predicted molar refractivity (Wildman–Crippen MR) is 87.0 cm³/mol. The van der Waals surface area contributed by atoms with Crippen molar-refractivity contribution in [1.29, 1.82) is 0 Å². The van der Waals surface area contributed by atoms with Crippen molar-refractivity contribution >= 4 is 31.9 Å². The average molecular weight is 403 g/mol. The third-order valence-electron chi connectivity index (χ3n) is 2.90. The Morgan fingerprint density at radius 3 is 2.75 bits per heavy atom. The van der Waals surface area contributed by atoms with E-state index in [2.05, 4.69) is 44.1 Å². The molecule has 2 aromatic rings. The quantitative estimate of drug-likeness (QED) is 0.753. The molecule has 5 heteroatoms. The lowest BCUT2D eigenvalue weighted by Gasteiger charge is -2.06. The van der Waals surface area contributed by atoms with Crippen molar-refractivity contribution in [1.82, 2.24) is 5.32 Å². The van der Waals surface area contributed by atoms with Gasteiger partial charge in [-0.05, 0) is 53.7 Å². The van der Waals surface area contributed by atoms with Crippen LogP contribution in [0.1, 0.15) is 24.0 Å². The van der Waals surface area contributed by atoms with Crippen molar-refractivity contribution in [3.63, 3.8) is 0 Å². The van der Waals surface area contributed by atoms with Gasteiger partial charge in [-0.25, -0.2) is 0 Å². The maximum atomic E-state index is 5.77. The first-order chi connectivity index (χ1) is 9.60. The highest BCUT2D eigenvalue weighted by molar-refractivity contribution is 9.11. The van der Waals surface area contributed by atoms with E-state index in [1.165, 1.54) is 5.56 Å². The Morgan fingerprint density at radius 2 is 2.05 bits per heavy atom. The number of furan rings is 1. The zero-order valence-electron chi connectivity index (χ0n) is 11.5. The molecule has 0 spiro atoms. The minimum absolute atomic E-state index is 0.424. The molecule has 0 aliphatic carbocycles. The number of hydrogen-bond donors (Lipinski definition) is 1. The summed E-state index contributed by atoms with van der Waals surface area (Å²) in [6, 6.07) is 7.87. The molecule has 1 N–H and O–H groups in total. The van der Waals surface area contributed by atoms with Crippen LogP contribution in [0.25, 0.3) is 0 Å². The molecule has 0 fully saturated rings. The number of benzene rings is 1. The van der Waals surface area contributed by atoms with Crippen molar-refractivity contribution in [3.8, 4) is 5.75 Å². The second kappa shape index (κ2) is 7.29. The van der Waals surface area contributed by atoms with Gasteiger partial charge in [-0.1, -0.05) is 22.9 Å². The number of ether oxygens (including phenoxy) is 1. The fourth-order valence-corrected chi connectivity index (χ4v) is 3.00. The molecule has 1 aromatic heterocycles. The van der Waals surface area contributed by atoms with Crippen molar-refractivity contribution in [2.24, 2.45) is 0 Å². The van der Waals surface area contributed by atoms with Gasteiger partial charge in [0.2, 0.25) is 0 Å². The van der Waals surface area contributed by atoms with Gasteiger partial charge in [0.25, 0.3) is 0 Å². The second-order valence-electron chi connectivity index (χ2n) is 4.44. The molecule has 0 amide bonds. The van der Waals surface area contributed by atoms with E-state index in [0.29, 0.717) is 6.61 Å². The van der Waals surface area contributed by atoms with Gasteiger partial charge in [0.1, 0.15) is 23.9 Å². The lowest BCUT2D eigenvalue weighted by atomic mass is 10.2. The summed E-state index contributed by atoms with van der Waals surface area (Å²) in [4.78, 5) is 0. The molecule has 1 heterocycles. The predicted octanol–water partition coefficient (Wildman–Crippen LogP) is 4.80. The Balaban J connectivity index is 2.00. The normalized spacial score (nSPS) is 10.8. The van der Waals surface area contributed by atoms with Crippen LogP contribution in [-0.4, -0.2) is 6.54 Å². The number of nitrogens with one attached hydrogen (secondary N) is 1. The van der Waals surface area contributed by atoms with Gasteiger partial charge in [-0.2, -0.15) is 0 Å². The highest BCUT2D eigenvalue weighted by Crippen LogP contribution is 2.29. The Bertz CT molecular complexity index is 581. The second-order valence-corrected chi connectivity index (χ2v) is 6.21. The van der Waals surface area contributed by atoms with Gasteiger partial charge in [0, 0.05) is 16.6 Å². The summed E-state index contributed by atoms with van der Waals surface area (Å²) in [5, 5.41) is 3.29. The molecule has 108 valence electrons.